The van der Waals surface area contributed by atoms with Crippen molar-refractivity contribution in [2.45, 2.75) is 37.1 Å². The van der Waals surface area contributed by atoms with Crippen molar-refractivity contribution >= 4 is 16.8 Å². The number of epoxide rings is 1. The molecule has 4 aliphatic rings. The second-order valence-electron chi connectivity index (χ2n) is 6.66. The molecule has 8 nitrogen and oxygen atoms in total. The van der Waals surface area contributed by atoms with E-state index in [4.69, 9.17) is 23.4 Å². The Morgan fingerprint density at radius 1 is 1.28 bits per heavy atom. The van der Waals surface area contributed by atoms with Crippen LogP contribution in [0, 0.1) is 0 Å². The minimum Gasteiger partial charge on any atom is -0.496 e. The number of aryl methyl sites for hydroxylation is 1. The van der Waals surface area contributed by atoms with Crippen LogP contribution in [-0.4, -0.2) is 36.7 Å². The second kappa shape index (κ2) is 4.04. The normalized spacial score (nSPS) is 33.7. The summed E-state index contributed by atoms with van der Waals surface area (Å²) in [6.45, 7) is 0. The molecule has 128 valence electrons. The molecule has 0 radical (unpaired) electrons. The Hall–Kier alpha value is -2.42. The predicted octanol–water partition coefficient (Wildman–Crippen LogP) is 0.592. The van der Waals surface area contributed by atoms with Crippen LogP contribution in [-0.2, 0) is 21.5 Å². The number of hydrogen-bond donors (Lipinski definition) is 1. The zero-order valence-electron chi connectivity index (χ0n) is 13.0. The number of fused-ring (bicyclic) bond motifs is 9. The van der Waals surface area contributed by atoms with Gasteiger partial charge in [-0.15, -0.1) is 0 Å². The Bertz CT molecular complexity index is 1050. The van der Waals surface area contributed by atoms with E-state index in [1.54, 1.807) is 6.07 Å². The molecule has 0 bridgehead atoms. The standard InChI is InChI=1S/C17H12O8/c1-21-7-4-8-11(17(20)13-15(24-13)25-16(17)22-8)12-10(7)5-2-3-6(18)9(5)14(19)23-12/h4,13,15-16,20H,2-3H2,1H3/t13?,15?,16-,17-/m0/s1. The van der Waals surface area contributed by atoms with Gasteiger partial charge in [0.15, 0.2) is 29.4 Å². The van der Waals surface area contributed by atoms with Gasteiger partial charge in [-0.25, -0.2) is 4.79 Å². The van der Waals surface area contributed by atoms with Gasteiger partial charge < -0.3 is 28.5 Å². The van der Waals surface area contributed by atoms with E-state index in [9.17, 15) is 14.7 Å². The maximum atomic E-state index is 12.4. The number of carbonyl (C=O) groups excluding carboxylic acids is 1. The molecule has 0 spiro atoms. The molecule has 8 heteroatoms. The van der Waals surface area contributed by atoms with Crippen LogP contribution < -0.4 is 15.1 Å². The summed E-state index contributed by atoms with van der Waals surface area (Å²) in [5.74, 6) is 0.495. The van der Waals surface area contributed by atoms with E-state index in [0.717, 1.165) is 0 Å². The molecule has 1 N–H and O–H groups in total. The van der Waals surface area contributed by atoms with Crippen LogP contribution in [0.2, 0.25) is 0 Å². The number of carbonyl (C=O) groups is 1. The molecule has 2 saturated heterocycles. The number of methoxy groups -OCH3 is 1. The van der Waals surface area contributed by atoms with Crippen LogP contribution in [0.15, 0.2) is 15.3 Å². The van der Waals surface area contributed by atoms with Gasteiger partial charge in [0.25, 0.3) is 0 Å². The number of ketones is 1. The third-order valence-electron chi connectivity index (χ3n) is 5.45. The summed E-state index contributed by atoms with van der Waals surface area (Å²) >= 11 is 0. The van der Waals surface area contributed by atoms with E-state index in [0.29, 0.717) is 34.4 Å². The molecule has 4 atom stereocenters. The van der Waals surface area contributed by atoms with Crippen LogP contribution in [0.4, 0.5) is 0 Å². The van der Waals surface area contributed by atoms with Gasteiger partial charge in [0, 0.05) is 12.5 Å². The third kappa shape index (κ3) is 1.41. The Labute approximate surface area is 139 Å². The minimum atomic E-state index is -1.56. The lowest BCUT2D eigenvalue weighted by atomic mass is 9.89. The predicted molar refractivity (Wildman–Crippen MR) is 79.7 cm³/mol. The van der Waals surface area contributed by atoms with Gasteiger partial charge in [-0.2, -0.15) is 0 Å². The highest BCUT2D eigenvalue weighted by Gasteiger charge is 2.73. The highest BCUT2D eigenvalue weighted by atomic mass is 16.9. The fraction of sp³-hybridized carbons (Fsp3) is 0.412. The highest BCUT2D eigenvalue weighted by molar-refractivity contribution is 6.06. The summed E-state index contributed by atoms with van der Waals surface area (Å²) in [4.78, 5) is 24.5. The summed E-state index contributed by atoms with van der Waals surface area (Å²) in [5.41, 5.74) is -1.13. The first kappa shape index (κ1) is 13.8. The van der Waals surface area contributed by atoms with Crippen molar-refractivity contribution < 1.29 is 33.3 Å². The molecule has 2 unspecified atom stereocenters. The van der Waals surface area contributed by atoms with E-state index in [1.807, 2.05) is 0 Å². The Morgan fingerprint density at radius 2 is 2.12 bits per heavy atom. The number of rotatable bonds is 1. The van der Waals surface area contributed by atoms with Crippen molar-refractivity contribution in [1.82, 2.24) is 0 Å². The topological polar surface area (TPSA) is 108 Å². The lowest BCUT2D eigenvalue weighted by Crippen LogP contribution is -2.39. The van der Waals surface area contributed by atoms with Crippen LogP contribution in [0.3, 0.4) is 0 Å². The monoisotopic (exact) mass is 344 g/mol. The molecule has 2 aromatic rings. The van der Waals surface area contributed by atoms with Crippen molar-refractivity contribution in [2.24, 2.45) is 0 Å². The molecular formula is C17H12O8. The fourth-order valence-corrected chi connectivity index (χ4v) is 4.29. The van der Waals surface area contributed by atoms with E-state index in [-0.39, 0.29) is 23.4 Å². The van der Waals surface area contributed by atoms with E-state index >= 15 is 0 Å². The molecule has 6 rings (SSSR count). The molecule has 1 aromatic heterocycles. The van der Waals surface area contributed by atoms with Crippen molar-refractivity contribution in [3.05, 3.63) is 33.2 Å². The molecule has 0 saturated carbocycles. The maximum Gasteiger partial charge on any atom is 0.347 e. The van der Waals surface area contributed by atoms with Gasteiger partial charge in [-0.3, -0.25) is 4.79 Å². The summed E-state index contributed by atoms with van der Waals surface area (Å²) in [7, 11) is 1.48. The van der Waals surface area contributed by atoms with E-state index < -0.39 is 29.9 Å². The largest absolute Gasteiger partial charge is 0.496 e. The first-order valence-electron chi connectivity index (χ1n) is 7.98. The van der Waals surface area contributed by atoms with Crippen LogP contribution in [0.25, 0.3) is 11.0 Å². The Kier molecular flexibility index (Phi) is 2.23. The number of aliphatic hydroxyl groups is 1. The summed E-state index contributed by atoms with van der Waals surface area (Å²) < 4.78 is 27.4. The highest BCUT2D eigenvalue weighted by Crippen LogP contribution is 2.59. The average Bonchev–Trinajstić information content (AvgIpc) is 3.05. The molecule has 2 fully saturated rings. The van der Waals surface area contributed by atoms with Crippen molar-refractivity contribution in [2.75, 3.05) is 7.11 Å². The molecule has 4 heterocycles. The van der Waals surface area contributed by atoms with Gasteiger partial charge in [-0.05, 0) is 12.0 Å². The Morgan fingerprint density at radius 3 is 2.92 bits per heavy atom. The number of hydrogen-bond acceptors (Lipinski definition) is 8. The molecular weight excluding hydrogens is 332 g/mol. The minimum absolute atomic E-state index is 0.0661. The average molecular weight is 344 g/mol. The van der Waals surface area contributed by atoms with Crippen LogP contribution in [0.5, 0.6) is 11.5 Å². The van der Waals surface area contributed by atoms with E-state index in [1.165, 1.54) is 7.11 Å². The number of ether oxygens (including phenoxy) is 4. The molecule has 3 aliphatic heterocycles. The molecule has 0 amide bonds. The molecule has 25 heavy (non-hydrogen) atoms. The van der Waals surface area contributed by atoms with Crippen molar-refractivity contribution in [3.63, 3.8) is 0 Å². The lowest BCUT2D eigenvalue weighted by Gasteiger charge is -2.21. The van der Waals surface area contributed by atoms with Gasteiger partial charge in [-0.1, -0.05) is 0 Å². The summed E-state index contributed by atoms with van der Waals surface area (Å²) in [5, 5.41) is 11.7. The van der Waals surface area contributed by atoms with Gasteiger partial charge in [0.1, 0.15) is 17.1 Å². The quantitative estimate of drug-likeness (QED) is 0.592. The number of benzene rings is 1. The maximum absolute atomic E-state index is 12.4. The molecule has 1 aromatic carbocycles. The van der Waals surface area contributed by atoms with Crippen LogP contribution in [0.1, 0.15) is 27.9 Å². The van der Waals surface area contributed by atoms with Gasteiger partial charge in [0.05, 0.1) is 18.1 Å². The smallest absolute Gasteiger partial charge is 0.347 e. The summed E-state index contributed by atoms with van der Waals surface area (Å²) in [6.07, 6.45) is -1.35. The van der Waals surface area contributed by atoms with Crippen LogP contribution >= 0.6 is 0 Å². The van der Waals surface area contributed by atoms with Crippen molar-refractivity contribution in [3.8, 4) is 11.5 Å². The van der Waals surface area contributed by atoms with E-state index in [2.05, 4.69) is 0 Å². The zero-order chi connectivity index (χ0) is 17.1. The first-order chi connectivity index (χ1) is 12.0. The summed E-state index contributed by atoms with van der Waals surface area (Å²) in [6, 6.07) is 1.62. The number of Topliss-reactive ketones (excluding diaryl/α,β-unsaturated/α-hetero) is 1. The van der Waals surface area contributed by atoms with Gasteiger partial charge >= 0.3 is 5.63 Å². The Balaban J connectivity index is 1.77. The van der Waals surface area contributed by atoms with Gasteiger partial charge in [0.2, 0.25) is 6.29 Å². The third-order valence-corrected chi connectivity index (χ3v) is 5.45. The fourth-order valence-electron chi connectivity index (χ4n) is 4.29. The first-order valence-corrected chi connectivity index (χ1v) is 7.98. The van der Waals surface area contributed by atoms with Crippen molar-refractivity contribution in [1.29, 1.82) is 0 Å². The second-order valence-corrected chi connectivity index (χ2v) is 6.66. The SMILES string of the molecule is COc1cc2c(c3oc(=O)c4c(c13)CCC4=O)[C@]1(O)C3OC3O[C@@H]1O2. The zero-order valence-corrected chi connectivity index (χ0v) is 13.0. The lowest BCUT2D eigenvalue weighted by molar-refractivity contribution is -0.192. The molecule has 1 aliphatic carbocycles.